The molecule has 79 heavy (non-hydrogen) atoms. The van der Waals surface area contributed by atoms with Crippen molar-refractivity contribution in [3.8, 4) is 0 Å². The molecule has 1 fully saturated rings. The van der Waals surface area contributed by atoms with Gasteiger partial charge in [0.15, 0.2) is 6.29 Å². The van der Waals surface area contributed by atoms with Gasteiger partial charge in [0.05, 0.1) is 25.4 Å². The van der Waals surface area contributed by atoms with Crippen LogP contribution >= 0.6 is 0 Å². The topological polar surface area (TPSA) is 149 Å². The molecule has 0 bridgehead atoms. The van der Waals surface area contributed by atoms with Gasteiger partial charge in [0.2, 0.25) is 5.91 Å². The van der Waals surface area contributed by atoms with Crippen molar-refractivity contribution in [2.75, 3.05) is 13.2 Å². The van der Waals surface area contributed by atoms with E-state index in [9.17, 15) is 30.3 Å². The molecule has 0 aromatic rings. The number of allylic oxidation sites excluding steroid dienone is 9. The lowest BCUT2D eigenvalue weighted by molar-refractivity contribution is -0.302. The first kappa shape index (κ1) is 74.9. The number of aliphatic hydroxyl groups excluding tert-OH is 5. The zero-order valence-corrected chi connectivity index (χ0v) is 51.6. The lowest BCUT2D eigenvalue weighted by Gasteiger charge is -2.40. The van der Waals surface area contributed by atoms with Crippen LogP contribution in [0.5, 0.6) is 0 Å². The number of hydrogen-bond donors (Lipinski definition) is 6. The maximum absolute atomic E-state index is 13.1. The Morgan fingerprint density at radius 1 is 0.430 bits per heavy atom. The van der Waals surface area contributed by atoms with Gasteiger partial charge in [0.25, 0.3) is 0 Å². The van der Waals surface area contributed by atoms with Crippen LogP contribution in [0.2, 0.25) is 0 Å². The maximum atomic E-state index is 13.1. The summed E-state index contributed by atoms with van der Waals surface area (Å²) in [6.07, 6.45) is 74.7. The van der Waals surface area contributed by atoms with Gasteiger partial charge in [-0.1, -0.05) is 299 Å². The predicted octanol–water partition coefficient (Wildman–Crippen LogP) is 18.2. The van der Waals surface area contributed by atoms with Crippen LogP contribution in [0.15, 0.2) is 60.8 Å². The number of hydrogen-bond acceptors (Lipinski definition) is 8. The first-order valence-corrected chi connectivity index (χ1v) is 34.0. The van der Waals surface area contributed by atoms with Gasteiger partial charge in [-0.3, -0.25) is 4.79 Å². The Balaban J connectivity index is 2.15. The summed E-state index contributed by atoms with van der Waals surface area (Å²) in [6.45, 7) is 3.78. The Hall–Kier alpha value is -2.11. The molecule has 0 saturated carbocycles. The number of amides is 1. The van der Waals surface area contributed by atoms with E-state index >= 15 is 0 Å². The molecule has 0 spiro atoms. The second-order valence-corrected chi connectivity index (χ2v) is 23.6. The largest absolute Gasteiger partial charge is 0.394 e. The molecule has 0 radical (unpaired) electrons. The highest BCUT2D eigenvalue weighted by atomic mass is 16.7. The van der Waals surface area contributed by atoms with Gasteiger partial charge in [-0.2, -0.15) is 0 Å². The summed E-state index contributed by atoms with van der Waals surface area (Å²) >= 11 is 0. The summed E-state index contributed by atoms with van der Waals surface area (Å²) in [6, 6.07) is -0.830. The zero-order chi connectivity index (χ0) is 57.2. The highest BCUT2D eigenvalue weighted by Gasteiger charge is 2.44. The number of carbonyl (C=O) groups is 1. The first-order chi connectivity index (χ1) is 38.8. The standard InChI is InChI=1S/C70H129NO8/c1-3-5-7-9-11-13-15-17-19-21-23-25-27-28-29-30-31-32-33-34-35-36-38-40-42-44-46-48-50-52-54-56-58-60-66(74)71-63(62-78-70-69(77)68(76)67(75)65(61-72)79-70)64(73)59-57-55-53-51-49-47-45-43-41-39-37-26-24-22-20-18-16-14-12-10-8-6-4-2/h15,17,21,23,41,43,49,51,57,59,63-65,67-70,72-73,75-77H,3-14,16,18-20,22,24-40,42,44-48,50,52-56,58,60-62H2,1-2H3,(H,71,74)/b17-15-,23-21-,43-41+,51-49+,59-57+. The van der Waals surface area contributed by atoms with E-state index in [0.717, 1.165) is 51.4 Å². The second-order valence-electron chi connectivity index (χ2n) is 23.6. The molecule has 0 aromatic heterocycles. The number of nitrogens with one attached hydrogen (secondary N) is 1. The van der Waals surface area contributed by atoms with Crippen LogP contribution in [0.4, 0.5) is 0 Å². The molecule has 7 atom stereocenters. The van der Waals surface area contributed by atoms with Gasteiger partial charge in [-0.05, 0) is 77.0 Å². The van der Waals surface area contributed by atoms with Crippen LogP contribution in [0.3, 0.4) is 0 Å². The number of carbonyl (C=O) groups excluding carboxylic acids is 1. The number of ether oxygens (including phenoxy) is 2. The third kappa shape index (κ3) is 48.0. The van der Waals surface area contributed by atoms with Crippen molar-refractivity contribution in [2.24, 2.45) is 0 Å². The van der Waals surface area contributed by atoms with E-state index in [0.29, 0.717) is 6.42 Å². The first-order valence-electron chi connectivity index (χ1n) is 34.0. The minimum Gasteiger partial charge on any atom is -0.394 e. The normalized spacial score (nSPS) is 18.9. The van der Waals surface area contributed by atoms with Crippen LogP contribution in [-0.2, 0) is 14.3 Å². The smallest absolute Gasteiger partial charge is 0.220 e. The van der Waals surface area contributed by atoms with E-state index in [1.165, 1.54) is 250 Å². The van der Waals surface area contributed by atoms with Gasteiger partial charge >= 0.3 is 0 Å². The molecule has 1 heterocycles. The molecule has 7 unspecified atom stereocenters. The van der Waals surface area contributed by atoms with Crippen LogP contribution in [0.1, 0.15) is 322 Å². The van der Waals surface area contributed by atoms with Crippen LogP contribution in [0, 0.1) is 0 Å². The molecule has 0 aliphatic carbocycles. The number of aliphatic hydroxyl groups is 5. The Kier molecular flexibility index (Phi) is 56.0. The average molecular weight is 1110 g/mol. The molecule has 9 heteroatoms. The van der Waals surface area contributed by atoms with Crippen LogP contribution in [0.25, 0.3) is 0 Å². The third-order valence-electron chi connectivity index (χ3n) is 16.0. The number of rotatable bonds is 59. The second kappa shape index (κ2) is 59.1. The Morgan fingerprint density at radius 3 is 1.14 bits per heavy atom. The van der Waals surface area contributed by atoms with Gasteiger partial charge in [-0.15, -0.1) is 0 Å². The van der Waals surface area contributed by atoms with E-state index < -0.39 is 49.5 Å². The number of unbranched alkanes of at least 4 members (excludes halogenated alkanes) is 41. The summed E-state index contributed by atoms with van der Waals surface area (Å²) in [7, 11) is 0. The van der Waals surface area contributed by atoms with Crippen LogP contribution in [-0.4, -0.2) is 87.5 Å². The maximum Gasteiger partial charge on any atom is 0.220 e. The Labute approximate surface area is 487 Å². The monoisotopic (exact) mass is 1110 g/mol. The highest BCUT2D eigenvalue weighted by Crippen LogP contribution is 2.23. The van der Waals surface area contributed by atoms with Gasteiger partial charge in [0, 0.05) is 6.42 Å². The molecule has 1 amide bonds. The minimum absolute atomic E-state index is 0.186. The van der Waals surface area contributed by atoms with Gasteiger partial charge in [-0.25, -0.2) is 0 Å². The molecular formula is C70H129NO8. The van der Waals surface area contributed by atoms with Crippen molar-refractivity contribution in [3.63, 3.8) is 0 Å². The third-order valence-corrected chi connectivity index (χ3v) is 16.0. The molecular weight excluding hydrogens is 983 g/mol. The fourth-order valence-electron chi connectivity index (χ4n) is 10.7. The van der Waals surface area contributed by atoms with Gasteiger partial charge in [0.1, 0.15) is 24.4 Å². The van der Waals surface area contributed by atoms with Crippen molar-refractivity contribution in [3.05, 3.63) is 60.8 Å². The molecule has 1 aliphatic rings. The van der Waals surface area contributed by atoms with E-state index in [2.05, 4.69) is 67.8 Å². The van der Waals surface area contributed by atoms with E-state index in [1.54, 1.807) is 6.08 Å². The quantitative estimate of drug-likeness (QED) is 0.0261. The van der Waals surface area contributed by atoms with Crippen LogP contribution < -0.4 is 5.32 Å². The SMILES string of the molecule is CCCCCCC/C=C\C/C=C\CCCCCCCCCCCCCCCCCCCCCCCC(=O)NC(COC1OC(CO)C(O)C(O)C1O)C(O)/C=C/CC/C=C/CC/C=C/CCCCCCCCCCCCCCC. The fraction of sp³-hybridized carbons (Fsp3) is 0.843. The van der Waals surface area contributed by atoms with Crippen molar-refractivity contribution >= 4 is 5.91 Å². The van der Waals surface area contributed by atoms with E-state index in [1.807, 2.05) is 6.08 Å². The lowest BCUT2D eigenvalue weighted by Crippen LogP contribution is -2.60. The van der Waals surface area contributed by atoms with Crippen molar-refractivity contribution < 1.29 is 39.8 Å². The highest BCUT2D eigenvalue weighted by molar-refractivity contribution is 5.76. The predicted molar refractivity (Wildman–Crippen MR) is 336 cm³/mol. The van der Waals surface area contributed by atoms with Crippen molar-refractivity contribution in [2.45, 2.75) is 365 Å². The summed E-state index contributed by atoms with van der Waals surface area (Å²) in [5, 5.41) is 54.7. The van der Waals surface area contributed by atoms with E-state index in [4.69, 9.17) is 9.47 Å². The van der Waals surface area contributed by atoms with Crippen molar-refractivity contribution in [1.29, 1.82) is 0 Å². The molecule has 1 aliphatic heterocycles. The average Bonchev–Trinajstić information content (AvgIpc) is 3.47. The van der Waals surface area contributed by atoms with E-state index in [-0.39, 0.29) is 12.5 Å². The fourth-order valence-corrected chi connectivity index (χ4v) is 10.7. The molecule has 1 rings (SSSR count). The molecule has 9 nitrogen and oxygen atoms in total. The molecule has 462 valence electrons. The summed E-state index contributed by atoms with van der Waals surface area (Å²) < 4.78 is 11.3. The lowest BCUT2D eigenvalue weighted by atomic mass is 9.99. The van der Waals surface area contributed by atoms with Gasteiger partial charge < -0.3 is 40.3 Å². The Morgan fingerprint density at radius 2 is 0.759 bits per heavy atom. The Bertz CT molecular complexity index is 1430. The summed E-state index contributed by atoms with van der Waals surface area (Å²) in [5.74, 6) is -0.186. The molecule has 0 aromatic carbocycles. The van der Waals surface area contributed by atoms with Crippen molar-refractivity contribution in [1.82, 2.24) is 5.32 Å². The summed E-state index contributed by atoms with van der Waals surface area (Å²) in [4.78, 5) is 13.1. The minimum atomic E-state index is -1.58. The summed E-state index contributed by atoms with van der Waals surface area (Å²) in [5.41, 5.74) is 0. The molecule has 6 N–H and O–H groups in total. The molecule has 1 saturated heterocycles. The zero-order valence-electron chi connectivity index (χ0n) is 51.6.